The Labute approximate surface area is 156 Å². The van der Waals surface area contributed by atoms with Gasteiger partial charge in [0.1, 0.15) is 11.7 Å². The predicted octanol–water partition coefficient (Wildman–Crippen LogP) is 2.64. The van der Waals surface area contributed by atoms with E-state index in [1.807, 2.05) is 0 Å². The van der Waals surface area contributed by atoms with E-state index in [-0.39, 0.29) is 11.9 Å². The summed E-state index contributed by atoms with van der Waals surface area (Å²) in [4.78, 5) is 19.2. The second-order valence-electron chi connectivity index (χ2n) is 7.54. The van der Waals surface area contributed by atoms with Crippen molar-refractivity contribution in [3.8, 4) is 0 Å². The maximum absolute atomic E-state index is 12.7. The van der Waals surface area contributed by atoms with Gasteiger partial charge in [0.2, 0.25) is 0 Å². The zero-order valence-electron chi connectivity index (χ0n) is 15.5. The molecule has 2 aliphatic carbocycles. The van der Waals surface area contributed by atoms with Crippen LogP contribution in [0, 0.1) is 0 Å². The Bertz CT molecular complexity index is 637. The molecule has 3 rings (SSSR count). The van der Waals surface area contributed by atoms with Crippen LogP contribution in [0.25, 0.3) is 0 Å². The number of nitrogens with zero attached hydrogens (tertiary/aromatic N) is 2. The van der Waals surface area contributed by atoms with E-state index in [4.69, 9.17) is 11.5 Å². The highest BCUT2D eigenvalue weighted by Crippen LogP contribution is 2.28. The summed E-state index contributed by atoms with van der Waals surface area (Å²) in [5.41, 5.74) is 12.9. The highest BCUT2D eigenvalue weighted by molar-refractivity contribution is 6.17. The molecule has 1 aliphatic heterocycles. The van der Waals surface area contributed by atoms with Crippen LogP contribution in [0.15, 0.2) is 40.9 Å². The number of carbonyl (C=O) groups excluding carboxylic acids is 1. The van der Waals surface area contributed by atoms with Gasteiger partial charge in [0.05, 0.1) is 5.57 Å². The van der Waals surface area contributed by atoms with Crippen molar-refractivity contribution < 1.29 is 4.79 Å². The molecule has 5 N–H and O–H groups in total. The van der Waals surface area contributed by atoms with Crippen LogP contribution >= 0.6 is 0 Å². The fourth-order valence-electron chi connectivity index (χ4n) is 4.26. The molecule has 6 heteroatoms. The number of amides is 1. The van der Waals surface area contributed by atoms with Gasteiger partial charge in [-0.15, -0.1) is 0 Å². The first-order valence-electron chi connectivity index (χ1n) is 9.87. The molecular weight excluding hydrogens is 326 g/mol. The van der Waals surface area contributed by atoms with Crippen LogP contribution in [0.2, 0.25) is 0 Å². The molecule has 0 aromatic rings. The number of nitrogens with two attached hydrogens (primary N) is 2. The maximum Gasteiger partial charge on any atom is 0.254 e. The van der Waals surface area contributed by atoms with Gasteiger partial charge < -0.3 is 16.8 Å². The fraction of sp³-hybridized carbons (Fsp3) is 0.600. The molecule has 6 nitrogen and oxygen atoms in total. The molecule has 26 heavy (non-hydrogen) atoms. The maximum atomic E-state index is 12.7. The van der Waals surface area contributed by atoms with E-state index in [9.17, 15) is 4.79 Å². The van der Waals surface area contributed by atoms with Crippen molar-refractivity contribution in [1.29, 1.82) is 0 Å². The van der Waals surface area contributed by atoms with Crippen LogP contribution in [-0.4, -0.2) is 28.7 Å². The summed E-state index contributed by atoms with van der Waals surface area (Å²) in [6.45, 7) is 4.08. The van der Waals surface area contributed by atoms with Gasteiger partial charge in [0.15, 0.2) is 0 Å². The van der Waals surface area contributed by atoms with Crippen LogP contribution in [-0.2, 0) is 4.79 Å². The Hall–Kier alpha value is -2.24. The molecule has 0 spiro atoms. The van der Waals surface area contributed by atoms with E-state index >= 15 is 0 Å². The molecule has 2 saturated carbocycles. The Balaban J connectivity index is 1.85. The third-order valence-corrected chi connectivity index (χ3v) is 5.62. The minimum absolute atomic E-state index is 0.107. The molecule has 0 aromatic heterocycles. The van der Waals surface area contributed by atoms with Crippen molar-refractivity contribution in [3.63, 3.8) is 0 Å². The van der Waals surface area contributed by atoms with Gasteiger partial charge in [-0.1, -0.05) is 45.1 Å². The van der Waals surface area contributed by atoms with Gasteiger partial charge in [-0.25, -0.2) is 4.99 Å². The molecule has 0 bridgehead atoms. The SMILES string of the molecule is C=C(/N=C1\C(=C/N)C(N)=CC(=O)N1C1CCCCC1)NC1CCCCC1. The van der Waals surface area contributed by atoms with Crippen molar-refractivity contribution in [2.24, 2.45) is 16.5 Å². The topological polar surface area (TPSA) is 96.7 Å². The Morgan fingerprint density at radius 1 is 1.15 bits per heavy atom. The van der Waals surface area contributed by atoms with Crippen molar-refractivity contribution in [3.05, 3.63) is 35.9 Å². The number of nitrogens with one attached hydrogen (secondary N) is 1. The standard InChI is InChI=1S/C20H31N5O/c1-14(23-15-8-4-2-5-9-15)24-20-17(13-21)18(22)12-19(26)25(20)16-10-6-3-7-11-16/h12-13,15-16,23H,1-11,21-22H2/b17-13-,24-20+. The van der Waals surface area contributed by atoms with Gasteiger partial charge in [-0.05, 0) is 25.7 Å². The smallest absolute Gasteiger partial charge is 0.254 e. The van der Waals surface area contributed by atoms with Crippen LogP contribution in [0.3, 0.4) is 0 Å². The van der Waals surface area contributed by atoms with Crippen LogP contribution in [0.5, 0.6) is 0 Å². The minimum Gasteiger partial charge on any atom is -0.404 e. The lowest BCUT2D eigenvalue weighted by atomic mass is 9.92. The molecule has 1 amide bonds. The van der Waals surface area contributed by atoms with E-state index in [1.165, 1.54) is 38.0 Å². The van der Waals surface area contributed by atoms with Crippen LogP contribution in [0.1, 0.15) is 64.2 Å². The van der Waals surface area contributed by atoms with Gasteiger partial charge in [0, 0.05) is 30.1 Å². The monoisotopic (exact) mass is 357 g/mol. The van der Waals surface area contributed by atoms with Gasteiger partial charge >= 0.3 is 0 Å². The molecule has 0 unspecified atom stereocenters. The molecule has 0 saturated heterocycles. The third kappa shape index (κ3) is 4.11. The summed E-state index contributed by atoms with van der Waals surface area (Å²) < 4.78 is 0. The Morgan fingerprint density at radius 3 is 2.38 bits per heavy atom. The first-order chi connectivity index (χ1) is 12.6. The highest BCUT2D eigenvalue weighted by atomic mass is 16.2. The molecule has 0 atom stereocenters. The number of hydrogen-bond acceptors (Lipinski definition) is 5. The van der Waals surface area contributed by atoms with Gasteiger partial charge in [-0.3, -0.25) is 9.69 Å². The summed E-state index contributed by atoms with van der Waals surface area (Å²) >= 11 is 0. The average molecular weight is 358 g/mol. The second-order valence-corrected chi connectivity index (χ2v) is 7.54. The van der Waals surface area contributed by atoms with E-state index in [1.54, 1.807) is 4.90 Å². The summed E-state index contributed by atoms with van der Waals surface area (Å²) in [5.74, 6) is 1.01. The molecule has 2 fully saturated rings. The van der Waals surface area contributed by atoms with E-state index in [2.05, 4.69) is 16.9 Å². The average Bonchev–Trinajstić information content (AvgIpc) is 2.63. The van der Waals surface area contributed by atoms with Crippen molar-refractivity contribution >= 4 is 11.7 Å². The molecule has 0 aromatic carbocycles. The summed E-state index contributed by atoms with van der Waals surface area (Å²) in [7, 11) is 0. The van der Waals surface area contributed by atoms with Crippen molar-refractivity contribution in [2.75, 3.05) is 0 Å². The summed E-state index contributed by atoms with van der Waals surface area (Å²) in [6.07, 6.45) is 14.4. The fourth-order valence-corrected chi connectivity index (χ4v) is 4.26. The normalized spacial score (nSPS) is 26.2. The minimum atomic E-state index is -0.107. The van der Waals surface area contributed by atoms with Crippen molar-refractivity contribution in [2.45, 2.75) is 76.3 Å². The van der Waals surface area contributed by atoms with E-state index < -0.39 is 0 Å². The molecule has 142 valence electrons. The number of hydrogen-bond donors (Lipinski definition) is 3. The first kappa shape index (κ1) is 18.5. The quantitative estimate of drug-likeness (QED) is 0.720. The first-order valence-corrected chi connectivity index (χ1v) is 9.87. The zero-order valence-corrected chi connectivity index (χ0v) is 15.5. The van der Waals surface area contributed by atoms with Crippen LogP contribution < -0.4 is 16.8 Å². The van der Waals surface area contributed by atoms with Gasteiger partial charge in [0.25, 0.3) is 5.91 Å². The molecule has 0 radical (unpaired) electrons. The predicted molar refractivity (Wildman–Crippen MR) is 105 cm³/mol. The largest absolute Gasteiger partial charge is 0.404 e. The zero-order chi connectivity index (χ0) is 18.5. The third-order valence-electron chi connectivity index (χ3n) is 5.62. The molecular formula is C20H31N5O. The number of amidine groups is 1. The molecule has 3 aliphatic rings. The molecule has 1 heterocycles. The number of rotatable bonds is 4. The summed E-state index contributed by atoms with van der Waals surface area (Å²) in [6, 6.07) is 0.554. The lowest BCUT2D eigenvalue weighted by Gasteiger charge is -2.37. The van der Waals surface area contributed by atoms with Crippen LogP contribution in [0.4, 0.5) is 0 Å². The Morgan fingerprint density at radius 2 is 1.77 bits per heavy atom. The lowest BCUT2D eigenvalue weighted by Crippen LogP contribution is -2.49. The van der Waals surface area contributed by atoms with E-state index in [0.29, 0.717) is 29.0 Å². The Kier molecular flexibility index (Phi) is 6.01. The number of carbonyl (C=O) groups is 1. The number of aliphatic imine (C=N–C) groups is 1. The van der Waals surface area contributed by atoms with Crippen molar-refractivity contribution in [1.82, 2.24) is 10.2 Å². The highest BCUT2D eigenvalue weighted by Gasteiger charge is 2.34. The van der Waals surface area contributed by atoms with E-state index in [0.717, 1.165) is 38.5 Å². The second kappa shape index (κ2) is 8.43. The lowest BCUT2D eigenvalue weighted by molar-refractivity contribution is -0.124. The van der Waals surface area contributed by atoms with Gasteiger partial charge in [-0.2, -0.15) is 0 Å². The summed E-state index contributed by atoms with van der Waals surface area (Å²) in [5, 5.41) is 3.42.